The molecule has 0 spiro atoms. The first-order chi connectivity index (χ1) is 18.5. The number of alkyl carbamates (subject to hydrolysis) is 1. The summed E-state index contributed by atoms with van der Waals surface area (Å²) in [5.41, 5.74) is -0.194. The van der Waals surface area contributed by atoms with E-state index in [1.807, 2.05) is 9.80 Å². The fraction of sp³-hybridized carbons (Fsp3) is 0.655. The van der Waals surface area contributed by atoms with Crippen molar-refractivity contribution in [2.24, 2.45) is 0 Å². The maximum absolute atomic E-state index is 13.9. The fourth-order valence-electron chi connectivity index (χ4n) is 7.05. The second kappa shape index (κ2) is 10.4. The first-order valence-corrected chi connectivity index (χ1v) is 14.1. The maximum Gasteiger partial charge on any atom is 0.408 e. The van der Waals surface area contributed by atoms with Crippen molar-refractivity contribution < 1.29 is 23.5 Å². The molecule has 3 heterocycles. The van der Waals surface area contributed by atoms with Gasteiger partial charge in [0.15, 0.2) is 0 Å². The second-order valence-corrected chi connectivity index (χ2v) is 12.3. The van der Waals surface area contributed by atoms with Gasteiger partial charge in [-0.15, -0.1) is 0 Å². The normalized spacial score (nSPS) is 27.1. The van der Waals surface area contributed by atoms with E-state index in [4.69, 9.17) is 4.74 Å². The van der Waals surface area contributed by atoms with E-state index in [9.17, 15) is 24.0 Å². The van der Waals surface area contributed by atoms with E-state index in [1.165, 1.54) is 17.0 Å². The Labute approximate surface area is 229 Å². The van der Waals surface area contributed by atoms with Gasteiger partial charge in [0.1, 0.15) is 23.5 Å². The number of nitrogens with zero attached hydrogens (tertiary/aromatic N) is 4. The number of likely N-dealkylation sites (tertiary alicyclic amines) is 3. The van der Waals surface area contributed by atoms with Crippen molar-refractivity contribution >= 4 is 17.9 Å². The summed E-state index contributed by atoms with van der Waals surface area (Å²) in [6.45, 7) is 6.47. The Kier molecular flexibility index (Phi) is 7.31. The van der Waals surface area contributed by atoms with Crippen LogP contribution in [0.3, 0.4) is 0 Å². The minimum Gasteiger partial charge on any atom is -0.444 e. The third-order valence-corrected chi connectivity index (χ3v) is 8.63. The van der Waals surface area contributed by atoms with Gasteiger partial charge in [-0.25, -0.2) is 9.18 Å². The van der Waals surface area contributed by atoms with Crippen molar-refractivity contribution in [1.82, 2.24) is 20.0 Å². The predicted octanol–water partition coefficient (Wildman–Crippen LogP) is 3.29. The standard InChI is InChI=1S/C29H38FN5O4/c1-28(2,3)39-27(38)32-23(25(36)34-14-6-7-21(34)16-31)18-33-17-22-15-24(33)26(37)35(22)29(12-4-5-13-29)19-8-10-20(30)11-9-19/h8-11,21-24H,4-7,12-15,17-18H2,1-3H3,(H,32,38)/t21-,22?,23-,24?/m0/s1. The lowest BCUT2D eigenvalue weighted by atomic mass is 9.85. The molecule has 4 atom stereocenters. The van der Waals surface area contributed by atoms with Crippen LogP contribution in [-0.4, -0.2) is 82.0 Å². The number of rotatable bonds is 6. The van der Waals surface area contributed by atoms with E-state index < -0.39 is 35.4 Å². The number of fused-ring (bicyclic) bond motifs is 2. The Hall–Kier alpha value is -3.19. The van der Waals surface area contributed by atoms with Gasteiger partial charge in [0.25, 0.3) is 0 Å². The van der Waals surface area contributed by atoms with Crippen molar-refractivity contribution in [1.29, 1.82) is 5.26 Å². The van der Waals surface area contributed by atoms with Crippen molar-refractivity contribution in [3.05, 3.63) is 35.6 Å². The maximum atomic E-state index is 13.9. The summed E-state index contributed by atoms with van der Waals surface area (Å²) in [7, 11) is 0. The number of piperazine rings is 1. The Morgan fingerprint density at radius 3 is 2.51 bits per heavy atom. The van der Waals surface area contributed by atoms with Crippen molar-refractivity contribution in [3.8, 4) is 6.07 Å². The Morgan fingerprint density at radius 1 is 1.21 bits per heavy atom. The molecule has 2 unspecified atom stereocenters. The number of carbonyl (C=O) groups excluding carboxylic acids is 3. The van der Waals surface area contributed by atoms with Gasteiger partial charge < -0.3 is 19.9 Å². The SMILES string of the molecule is CC(C)(C)OC(=O)N[C@@H](CN1CC2CC1C(=O)N2C1(c2ccc(F)cc2)CCCC1)C(=O)N1CCC[C@H]1C#N. The van der Waals surface area contributed by atoms with E-state index in [1.54, 1.807) is 32.9 Å². The largest absolute Gasteiger partial charge is 0.444 e. The van der Waals surface area contributed by atoms with Crippen molar-refractivity contribution in [3.63, 3.8) is 0 Å². The van der Waals surface area contributed by atoms with E-state index in [0.717, 1.165) is 37.7 Å². The quantitative estimate of drug-likeness (QED) is 0.595. The molecule has 1 saturated carbocycles. The van der Waals surface area contributed by atoms with Gasteiger partial charge in [0.2, 0.25) is 11.8 Å². The van der Waals surface area contributed by atoms with E-state index >= 15 is 0 Å². The number of ether oxygens (including phenoxy) is 1. The molecule has 0 aromatic heterocycles. The van der Waals surface area contributed by atoms with E-state index in [2.05, 4.69) is 11.4 Å². The molecule has 5 rings (SSSR count). The van der Waals surface area contributed by atoms with Gasteiger partial charge in [0.05, 0.1) is 17.6 Å². The predicted molar refractivity (Wildman–Crippen MR) is 141 cm³/mol. The number of halogens is 1. The van der Waals surface area contributed by atoms with Gasteiger partial charge in [-0.3, -0.25) is 14.5 Å². The molecule has 1 aromatic carbocycles. The zero-order valence-corrected chi connectivity index (χ0v) is 23.0. The lowest BCUT2D eigenvalue weighted by Gasteiger charge is -2.46. The number of amides is 3. The van der Waals surface area contributed by atoms with Gasteiger partial charge in [-0.05, 0) is 70.6 Å². The third-order valence-electron chi connectivity index (χ3n) is 8.63. The molecule has 1 aliphatic carbocycles. The smallest absolute Gasteiger partial charge is 0.408 e. The van der Waals surface area contributed by atoms with Gasteiger partial charge in [0, 0.05) is 25.7 Å². The minimum absolute atomic E-state index is 0.0250. The summed E-state index contributed by atoms with van der Waals surface area (Å²) in [5, 5.41) is 12.3. The number of carbonyl (C=O) groups is 3. The highest BCUT2D eigenvalue weighted by Gasteiger charge is 2.58. The number of hydrogen-bond acceptors (Lipinski definition) is 6. The molecule has 1 N–H and O–H groups in total. The summed E-state index contributed by atoms with van der Waals surface area (Å²) in [4.78, 5) is 45.7. The average Bonchev–Trinajstić information content (AvgIpc) is 3.66. The summed E-state index contributed by atoms with van der Waals surface area (Å²) < 4.78 is 19.1. The van der Waals surface area contributed by atoms with Gasteiger partial charge in [-0.2, -0.15) is 5.26 Å². The molecule has 3 amide bonds. The number of nitrogens with one attached hydrogen (secondary N) is 1. The molecule has 3 aliphatic heterocycles. The Morgan fingerprint density at radius 2 is 1.90 bits per heavy atom. The van der Waals surface area contributed by atoms with Crippen molar-refractivity contribution in [2.75, 3.05) is 19.6 Å². The summed E-state index contributed by atoms with van der Waals surface area (Å²) in [6, 6.07) is 6.85. The van der Waals surface area contributed by atoms with Crippen LogP contribution >= 0.6 is 0 Å². The van der Waals surface area contributed by atoms with Crippen LogP contribution in [0.15, 0.2) is 24.3 Å². The van der Waals surface area contributed by atoms with Crippen LogP contribution in [0.2, 0.25) is 0 Å². The highest BCUT2D eigenvalue weighted by Crippen LogP contribution is 2.50. The van der Waals surface area contributed by atoms with Crippen LogP contribution in [0.1, 0.15) is 71.3 Å². The molecule has 1 aromatic rings. The third kappa shape index (κ3) is 5.21. The zero-order valence-electron chi connectivity index (χ0n) is 23.0. The van der Waals surface area contributed by atoms with Gasteiger partial charge >= 0.3 is 6.09 Å². The Balaban J connectivity index is 1.35. The monoisotopic (exact) mass is 539 g/mol. The highest BCUT2D eigenvalue weighted by molar-refractivity contribution is 5.88. The molecule has 4 fully saturated rings. The first kappa shape index (κ1) is 27.4. The van der Waals surface area contributed by atoms with Crippen LogP contribution in [0.25, 0.3) is 0 Å². The van der Waals surface area contributed by atoms with Gasteiger partial charge in [-0.1, -0.05) is 25.0 Å². The molecule has 3 saturated heterocycles. The number of hydrogen-bond donors (Lipinski definition) is 1. The van der Waals surface area contributed by atoms with Crippen LogP contribution in [0.5, 0.6) is 0 Å². The van der Waals surface area contributed by atoms with Crippen LogP contribution < -0.4 is 5.32 Å². The molecule has 39 heavy (non-hydrogen) atoms. The van der Waals surface area contributed by atoms with E-state index in [-0.39, 0.29) is 30.2 Å². The molecule has 4 aliphatic rings. The Bertz CT molecular complexity index is 1150. The van der Waals surface area contributed by atoms with Crippen LogP contribution in [0.4, 0.5) is 9.18 Å². The summed E-state index contributed by atoms with van der Waals surface area (Å²) in [5.74, 6) is -0.593. The summed E-state index contributed by atoms with van der Waals surface area (Å²) >= 11 is 0. The second-order valence-electron chi connectivity index (χ2n) is 12.3. The number of benzene rings is 1. The van der Waals surface area contributed by atoms with Crippen molar-refractivity contribution in [2.45, 2.75) is 101 Å². The lowest BCUT2D eigenvalue weighted by molar-refractivity contribution is -0.146. The highest BCUT2D eigenvalue weighted by atomic mass is 19.1. The molecule has 9 nitrogen and oxygen atoms in total. The lowest BCUT2D eigenvalue weighted by Crippen LogP contribution is -2.61. The first-order valence-electron chi connectivity index (χ1n) is 14.1. The van der Waals surface area contributed by atoms with Crippen LogP contribution in [0, 0.1) is 17.1 Å². The molecule has 2 bridgehead atoms. The molecular formula is C29H38FN5O4. The zero-order chi connectivity index (χ0) is 27.9. The van der Waals surface area contributed by atoms with E-state index in [0.29, 0.717) is 25.9 Å². The minimum atomic E-state index is -0.938. The number of nitriles is 1. The molecule has 210 valence electrons. The average molecular weight is 540 g/mol. The fourth-order valence-corrected chi connectivity index (χ4v) is 7.05. The summed E-state index contributed by atoms with van der Waals surface area (Å²) in [6.07, 6.45) is 5.00. The topological polar surface area (TPSA) is 106 Å². The molecular weight excluding hydrogens is 501 g/mol. The van der Waals surface area contributed by atoms with Crippen LogP contribution in [-0.2, 0) is 19.9 Å². The molecule has 10 heteroatoms. The molecule has 0 radical (unpaired) electrons.